The van der Waals surface area contributed by atoms with Crippen molar-refractivity contribution in [2.24, 2.45) is 4.99 Å². The number of ketones is 1. The molecule has 0 radical (unpaired) electrons. The van der Waals surface area contributed by atoms with E-state index in [0.29, 0.717) is 17.0 Å². The molecule has 0 fully saturated rings. The number of aryl methyl sites for hydroxylation is 1. The van der Waals surface area contributed by atoms with Crippen LogP contribution >= 0.6 is 0 Å². The predicted octanol–water partition coefficient (Wildman–Crippen LogP) is 1.80. The normalized spacial score (nSPS) is 11.2. The summed E-state index contributed by atoms with van der Waals surface area (Å²) in [6.07, 6.45) is 0. The molecular weight excluding hydrogens is 324 g/mol. The molecule has 8 heteroatoms. The maximum atomic E-state index is 11.8. The van der Waals surface area contributed by atoms with E-state index in [1.165, 1.54) is 14.0 Å². The third-order valence-corrected chi connectivity index (χ3v) is 3.38. The number of aliphatic carboxylic acids is 1. The number of carbonyl (C=O) groups is 2. The van der Waals surface area contributed by atoms with Gasteiger partial charge >= 0.3 is 5.97 Å². The average molecular weight is 344 g/mol. The highest BCUT2D eigenvalue weighted by atomic mass is 16.5. The number of Topliss-reactive ketones (excluding diaryl/α,β-unsaturated/α-hetero) is 1. The van der Waals surface area contributed by atoms with Crippen LogP contribution in [0.2, 0.25) is 0 Å². The number of nitrogens with one attached hydrogen (secondary N) is 2. The van der Waals surface area contributed by atoms with E-state index >= 15 is 0 Å². The summed E-state index contributed by atoms with van der Waals surface area (Å²) >= 11 is 0. The first kappa shape index (κ1) is 18.2. The molecule has 1 heterocycles. The number of ether oxygens (including phenoxy) is 1. The zero-order chi connectivity index (χ0) is 18.4. The van der Waals surface area contributed by atoms with Gasteiger partial charge in [0, 0.05) is 30.9 Å². The number of nitrogens with zero attached hydrogens (tertiary/aromatic N) is 2. The number of aromatic nitrogens is 2. The smallest absolute Gasteiger partial charge is 0.322 e. The van der Waals surface area contributed by atoms with Gasteiger partial charge in [0.1, 0.15) is 24.6 Å². The minimum absolute atomic E-state index is 0.221. The second kappa shape index (κ2) is 8.09. The van der Waals surface area contributed by atoms with Crippen LogP contribution in [-0.2, 0) is 16.2 Å². The van der Waals surface area contributed by atoms with Gasteiger partial charge in [0.15, 0.2) is 5.78 Å². The Hall–Kier alpha value is -3.16. The van der Waals surface area contributed by atoms with Crippen molar-refractivity contribution in [3.63, 3.8) is 0 Å². The molecule has 0 spiro atoms. The molecule has 0 unspecified atom stereocenters. The Morgan fingerprint density at radius 1 is 1.36 bits per heavy atom. The molecule has 0 saturated carbocycles. The molecule has 3 N–H and O–H groups in total. The van der Waals surface area contributed by atoms with E-state index in [4.69, 9.17) is 9.84 Å². The van der Waals surface area contributed by atoms with Crippen molar-refractivity contribution in [3.05, 3.63) is 41.2 Å². The molecule has 0 bridgehead atoms. The number of carbonyl (C=O) groups excluding carboxylic acids is 1. The van der Waals surface area contributed by atoms with E-state index in [-0.39, 0.29) is 24.6 Å². The molecule has 0 aliphatic heterocycles. The lowest BCUT2D eigenvalue weighted by Crippen LogP contribution is -2.18. The summed E-state index contributed by atoms with van der Waals surface area (Å²) in [4.78, 5) is 26.6. The molecule has 1 aromatic carbocycles. The summed E-state index contributed by atoms with van der Waals surface area (Å²) in [6, 6.07) is 6.89. The number of benzene rings is 1. The Bertz CT molecular complexity index is 811. The van der Waals surface area contributed by atoms with E-state index in [1.54, 1.807) is 18.2 Å². The quantitative estimate of drug-likeness (QED) is 0.629. The second-order valence-electron chi connectivity index (χ2n) is 5.41. The molecular formula is C17H20N4O4. The summed E-state index contributed by atoms with van der Waals surface area (Å²) in [5.74, 6) is -0.696. The van der Waals surface area contributed by atoms with Crippen LogP contribution in [0.15, 0.2) is 29.3 Å². The topological polar surface area (TPSA) is 117 Å². The minimum Gasteiger partial charge on any atom is -0.487 e. The van der Waals surface area contributed by atoms with Crippen LogP contribution in [0.5, 0.6) is 5.75 Å². The lowest BCUT2D eigenvalue weighted by molar-refractivity contribution is -0.134. The fraction of sp³-hybridized carbons (Fsp3) is 0.294. The van der Waals surface area contributed by atoms with Crippen molar-refractivity contribution < 1.29 is 19.4 Å². The van der Waals surface area contributed by atoms with E-state index in [0.717, 1.165) is 11.4 Å². The zero-order valence-corrected chi connectivity index (χ0v) is 14.3. The van der Waals surface area contributed by atoms with Gasteiger partial charge in [0.2, 0.25) is 0 Å². The number of aliphatic imine (C=N–C) groups is 1. The molecule has 0 saturated heterocycles. The highest BCUT2D eigenvalue weighted by Crippen LogP contribution is 2.24. The Labute approximate surface area is 144 Å². The van der Waals surface area contributed by atoms with E-state index < -0.39 is 5.97 Å². The maximum Gasteiger partial charge on any atom is 0.322 e. The Balaban J connectivity index is 2.27. The highest BCUT2D eigenvalue weighted by molar-refractivity contribution is 6.46. The van der Waals surface area contributed by atoms with Gasteiger partial charge < -0.3 is 15.2 Å². The molecule has 2 rings (SSSR count). The van der Waals surface area contributed by atoms with Crippen LogP contribution in [-0.4, -0.2) is 46.4 Å². The minimum atomic E-state index is -1.00. The summed E-state index contributed by atoms with van der Waals surface area (Å²) < 4.78 is 5.71. The van der Waals surface area contributed by atoms with Crippen molar-refractivity contribution >= 4 is 23.2 Å². The fourth-order valence-electron chi connectivity index (χ4n) is 2.31. The van der Waals surface area contributed by atoms with Gasteiger partial charge in [-0.3, -0.25) is 19.7 Å². The molecule has 25 heavy (non-hydrogen) atoms. The molecule has 132 valence electrons. The van der Waals surface area contributed by atoms with Crippen LogP contribution in [0.3, 0.4) is 0 Å². The lowest BCUT2D eigenvalue weighted by Gasteiger charge is -2.13. The standard InChI is InChI=1S/C17H20N4O4/c1-10-6-12(21-20-10)9-25-13-4-5-15(19-8-16(23)24)14(7-13)17(18-3)11(2)22/h4-7,19H,8-9H2,1-3H3,(H,20,21)(H,23,24)/b18-17-. The zero-order valence-electron chi connectivity index (χ0n) is 14.3. The van der Waals surface area contributed by atoms with E-state index in [1.807, 2.05) is 13.0 Å². The Morgan fingerprint density at radius 2 is 2.12 bits per heavy atom. The first-order chi connectivity index (χ1) is 11.9. The highest BCUT2D eigenvalue weighted by Gasteiger charge is 2.15. The monoisotopic (exact) mass is 344 g/mol. The van der Waals surface area contributed by atoms with Crippen molar-refractivity contribution in [2.45, 2.75) is 20.5 Å². The number of H-pyrrole nitrogens is 1. The fourth-order valence-corrected chi connectivity index (χ4v) is 2.31. The Morgan fingerprint density at radius 3 is 2.68 bits per heavy atom. The van der Waals surface area contributed by atoms with E-state index in [2.05, 4.69) is 20.5 Å². The number of carboxylic acid groups (broad SMARTS) is 1. The second-order valence-corrected chi connectivity index (χ2v) is 5.41. The van der Waals surface area contributed by atoms with Gasteiger partial charge in [-0.15, -0.1) is 0 Å². The molecule has 0 amide bonds. The molecule has 0 aliphatic rings. The van der Waals surface area contributed by atoms with Gasteiger partial charge in [0.05, 0.1) is 5.69 Å². The van der Waals surface area contributed by atoms with Crippen LogP contribution < -0.4 is 10.1 Å². The van der Waals surface area contributed by atoms with Crippen LogP contribution in [0.1, 0.15) is 23.9 Å². The first-order valence-electron chi connectivity index (χ1n) is 7.62. The van der Waals surface area contributed by atoms with Crippen molar-refractivity contribution in [1.82, 2.24) is 10.2 Å². The summed E-state index contributed by atoms with van der Waals surface area (Å²) in [5, 5.41) is 18.6. The van der Waals surface area contributed by atoms with Crippen LogP contribution in [0.25, 0.3) is 0 Å². The Kier molecular flexibility index (Phi) is 5.89. The summed E-state index contributed by atoms with van der Waals surface area (Å²) in [5.41, 5.74) is 2.93. The lowest BCUT2D eigenvalue weighted by atomic mass is 10.0. The number of carboxylic acids is 1. The predicted molar refractivity (Wildman–Crippen MR) is 93.4 cm³/mol. The molecule has 8 nitrogen and oxygen atoms in total. The first-order valence-corrected chi connectivity index (χ1v) is 7.62. The number of rotatable bonds is 8. The SMILES string of the molecule is C/N=C(/C(C)=O)c1cc(OCc2cc(C)[nH]n2)ccc1NCC(=O)O. The van der Waals surface area contributed by atoms with Gasteiger partial charge in [-0.05, 0) is 31.2 Å². The molecule has 0 aliphatic carbocycles. The number of hydrogen-bond donors (Lipinski definition) is 3. The third kappa shape index (κ3) is 4.90. The van der Waals surface area contributed by atoms with Gasteiger partial charge in [-0.1, -0.05) is 0 Å². The molecule has 1 aromatic heterocycles. The average Bonchev–Trinajstić information content (AvgIpc) is 2.97. The number of hydrogen-bond acceptors (Lipinski definition) is 6. The summed E-state index contributed by atoms with van der Waals surface area (Å²) in [6.45, 7) is 3.30. The van der Waals surface area contributed by atoms with Gasteiger partial charge in [0.25, 0.3) is 0 Å². The maximum absolute atomic E-state index is 11.8. The van der Waals surface area contributed by atoms with Gasteiger partial charge in [-0.25, -0.2) is 0 Å². The van der Waals surface area contributed by atoms with Crippen LogP contribution in [0.4, 0.5) is 5.69 Å². The van der Waals surface area contributed by atoms with E-state index in [9.17, 15) is 9.59 Å². The van der Waals surface area contributed by atoms with Crippen molar-refractivity contribution in [3.8, 4) is 5.75 Å². The molecule has 0 atom stereocenters. The number of anilines is 1. The summed E-state index contributed by atoms with van der Waals surface area (Å²) in [7, 11) is 1.51. The number of aromatic amines is 1. The van der Waals surface area contributed by atoms with Crippen molar-refractivity contribution in [2.75, 3.05) is 18.9 Å². The van der Waals surface area contributed by atoms with Crippen LogP contribution in [0, 0.1) is 6.92 Å². The van der Waals surface area contributed by atoms with Gasteiger partial charge in [-0.2, -0.15) is 5.10 Å². The molecule has 2 aromatic rings. The van der Waals surface area contributed by atoms with Crippen molar-refractivity contribution in [1.29, 1.82) is 0 Å². The largest absolute Gasteiger partial charge is 0.487 e. The third-order valence-electron chi connectivity index (χ3n) is 3.38.